The van der Waals surface area contributed by atoms with Gasteiger partial charge in [-0.1, -0.05) is 13.8 Å². The molecule has 9 heteroatoms. The maximum absolute atomic E-state index is 13.6. The second-order valence-electron chi connectivity index (χ2n) is 4.74. The molecule has 0 saturated heterocycles. The minimum Gasteiger partial charge on any atom is -0.478 e. The molecule has 1 aromatic rings. The Labute approximate surface area is 120 Å². The Balaban J connectivity index is 3.16. The van der Waals surface area contributed by atoms with Crippen LogP contribution < -0.4 is 4.72 Å². The molecule has 0 aliphatic carbocycles. The number of aliphatic hydroxyl groups is 1. The summed E-state index contributed by atoms with van der Waals surface area (Å²) in [6.45, 7) is 2.88. The molecule has 0 amide bonds. The van der Waals surface area contributed by atoms with Crippen molar-refractivity contribution in [3.63, 3.8) is 0 Å². The van der Waals surface area contributed by atoms with Crippen molar-refractivity contribution >= 4 is 16.0 Å². The maximum Gasteiger partial charge on any atom is 0.335 e. The molecule has 0 aliphatic rings. The average Bonchev–Trinajstić information content (AvgIpc) is 2.38. The Hall–Kier alpha value is -1.58. The Morgan fingerprint density at radius 3 is 2.38 bits per heavy atom. The molecule has 0 saturated carbocycles. The summed E-state index contributed by atoms with van der Waals surface area (Å²) in [6.07, 6.45) is -1.02. The summed E-state index contributed by atoms with van der Waals surface area (Å²) in [5, 5.41) is 18.3. The summed E-state index contributed by atoms with van der Waals surface area (Å²) in [5.74, 6) is -5.10. The third kappa shape index (κ3) is 4.19. The van der Waals surface area contributed by atoms with Crippen LogP contribution in [0.5, 0.6) is 0 Å². The van der Waals surface area contributed by atoms with Gasteiger partial charge in [0.15, 0.2) is 11.6 Å². The van der Waals surface area contributed by atoms with Crippen molar-refractivity contribution in [3.8, 4) is 0 Å². The highest BCUT2D eigenvalue weighted by Gasteiger charge is 2.25. The molecule has 1 aromatic carbocycles. The summed E-state index contributed by atoms with van der Waals surface area (Å²) >= 11 is 0. The van der Waals surface area contributed by atoms with Gasteiger partial charge >= 0.3 is 5.97 Å². The Kier molecular flexibility index (Phi) is 5.37. The maximum atomic E-state index is 13.6. The van der Waals surface area contributed by atoms with E-state index in [1.165, 1.54) is 0 Å². The lowest BCUT2D eigenvalue weighted by Gasteiger charge is -2.15. The van der Waals surface area contributed by atoms with Gasteiger partial charge in [0.05, 0.1) is 11.7 Å². The van der Waals surface area contributed by atoms with Crippen molar-refractivity contribution in [2.75, 3.05) is 6.54 Å². The van der Waals surface area contributed by atoms with Gasteiger partial charge in [-0.2, -0.15) is 0 Å². The lowest BCUT2D eigenvalue weighted by Crippen LogP contribution is -2.35. The quantitative estimate of drug-likeness (QED) is 0.723. The lowest BCUT2D eigenvalue weighted by atomic mass is 10.1. The topological polar surface area (TPSA) is 104 Å². The number of aromatic carboxylic acids is 1. The average molecular weight is 323 g/mol. The normalized spacial score (nSPS) is 13.4. The molecule has 0 spiro atoms. The third-order valence-corrected chi connectivity index (χ3v) is 4.21. The van der Waals surface area contributed by atoms with Gasteiger partial charge in [-0.05, 0) is 18.1 Å². The molecule has 1 atom stereocenters. The molecule has 0 radical (unpaired) electrons. The Morgan fingerprint density at radius 2 is 1.90 bits per heavy atom. The zero-order valence-corrected chi connectivity index (χ0v) is 12.1. The standard InChI is InChI=1S/C12H15F2NO5S/c1-6(2)9(16)5-15-21(19,20)10-4-7(12(17)18)3-8(13)11(10)14/h3-4,6,9,15-16H,5H2,1-2H3,(H,17,18). The highest BCUT2D eigenvalue weighted by Crippen LogP contribution is 2.20. The van der Waals surface area contributed by atoms with Gasteiger partial charge < -0.3 is 10.2 Å². The summed E-state index contributed by atoms with van der Waals surface area (Å²) < 4.78 is 52.5. The van der Waals surface area contributed by atoms with Crippen molar-refractivity contribution < 1.29 is 32.2 Å². The van der Waals surface area contributed by atoms with Gasteiger partial charge in [-0.15, -0.1) is 0 Å². The van der Waals surface area contributed by atoms with E-state index in [1.54, 1.807) is 13.8 Å². The summed E-state index contributed by atoms with van der Waals surface area (Å²) in [4.78, 5) is 9.64. The molecule has 0 aromatic heterocycles. The molecule has 1 rings (SSSR count). The van der Waals surface area contributed by atoms with E-state index in [9.17, 15) is 27.1 Å². The van der Waals surface area contributed by atoms with Crippen LogP contribution in [0.1, 0.15) is 24.2 Å². The highest BCUT2D eigenvalue weighted by molar-refractivity contribution is 7.89. The summed E-state index contributed by atoms with van der Waals surface area (Å²) in [7, 11) is -4.49. The van der Waals surface area contributed by atoms with Crippen LogP contribution in [-0.4, -0.2) is 37.2 Å². The van der Waals surface area contributed by atoms with Gasteiger partial charge in [0.25, 0.3) is 0 Å². The molecule has 0 heterocycles. The molecular formula is C12H15F2NO5S. The molecule has 6 nitrogen and oxygen atoms in total. The predicted molar refractivity (Wildman–Crippen MR) is 69.4 cm³/mol. The molecule has 3 N–H and O–H groups in total. The van der Waals surface area contributed by atoms with E-state index >= 15 is 0 Å². The first kappa shape index (κ1) is 17.5. The number of aliphatic hydroxyl groups excluding tert-OH is 1. The van der Waals surface area contributed by atoms with Crippen molar-refractivity contribution in [2.45, 2.75) is 24.8 Å². The van der Waals surface area contributed by atoms with E-state index in [0.29, 0.717) is 12.1 Å². The van der Waals surface area contributed by atoms with E-state index in [-0.39, 0.29) is 5.92 Å². The number of carboxylic acids is 1. The first-order valence-electron chi connectivity index (χ1n) is 5.96. The van der Waals surface area contributed by atoms with Crippen LogP contribution in [0.3, 0.4) is 0 Å². The fourth-order valence-corrected chi connectivity index (χ4v) is 2.55. The second-order valence-corrected chi connectivity index (χ2v) is 6.47. The number of nitrogens with one attached hydrogen (secondary N) is 1. The SMILES string of the molecule is CC(C)C(O)CNS(=O)(=O)c1cc(C(=O)O)cc(F)c1F. The number of sulfonamides is 1. The fourth-order valence-electron chi connectivity index (χ4n) is 1.39. The molecule has 0 aliphatic heterocycles. The number of rotatable bonds is 6. The zero-order chi connectivity index (χ0) is 16.4. The number of hydrogen-bond acceptors (Lipinski definition) is 4. The number of benzene rings is 1. The van der Waals surface area contributed by atoms with E-state index < -0.39 is 50.7 Å². The zero-order valence-electron chi connectivity index (χ0n) is 11.3. The molecule has 1 unspecified atom stereocenters. The number of carbonyl (C=O) groups is 1. The van der Waals surface area contributed by atoms with Crippen LogP contribution in [0.25, 0.3) is 0 Å². The van der Waals surface area contributed by atoms with Gasteiger partial charge in [-0.25, -0.2) is 26.7 Å². The number of halogens is 2. The lowest BCUT2D eigenvalue weighted by molar-refractivity contribution is 0.0696. The molecular weight excluding hydrogens is 308 g/mol. The van der Waals surface area contributed by atoms with Gasteiger partial charge in [-0.3, -0.25) is 0 Å². The predicted octanol–water partition coefficient (Wildman–Crippen LogP) is 0.958. The molecule has 0 bridgehead atoms. The van der Waals surface area contributed by atoms with E-state index in [4.69, 9.17) is 5.11 Å². The van der Waals surface area contributed by atoms with Crippen molar-refractivity contribution in [2.24, 2.45) is 5.92 Å². The Bertz CT molecular complexity index is 645. The van der Waals surface area contributed by atoms with Crippen LogP contribution in [0.15, 0.2) is 17.0 Å². The summed E-state index contributed by atoms with van der Waals surface area (Å²) in [5.41, 5.74) is -0.696. The van der Waals surface area contributed by atoms with Crippen LogP contribution in [0.4, 0.5) is 8.78 Å². The molecule has 21 heavy (non-hydrogen) atoms. The fraction of sp³-hybridized carbons (Fsp3) is 0.417. The summed E-state index contributed by atoms with van der Waals surface area (Å²) in [6, 6.07) is 0.907. The van der Waals surface area contributed by atoms with Crippen LogP contribution >= 0.6 is 0 Å². The van der Waals surface area contributed by atoms with Crippen molar-refractivity contribution in [3.05, 3.63) is 29.3 Å². The largest absolute Gasteiger partial charge is 0.478 e. The highest BCUT2D eigenvalue weighted by atomic mass is 32.2. The van der Waals surface area contributed by atoms with Crippen LogP contribution in [0, 0.1) is 17.6 Å². The van der Waals surface area contributed by atoms with Crippen molar-refractivity contribution in [1.82, 2.24) is 4.72 Å². The molecule has 0 fully saturated rings. The number of hydrogen-bond donors (Lipinski definition) is 3. The van der Waals surface area contributed by atoms with Gasteiger partial charge in [0.1, 0.15) is 4.90 Å². The van der Waals surface area contributed by atoms with E-state index in [0.717, 1.165) is 0 Å². The first-order valence-corrected chi connectivity index (χ1v) is 7.44. The number of carboxylic acid groups (broad SMARTS) is 1. The van der Waals surface area contributed by atoms with Crippen LogP contribution in [-0.2, 0) is 10.0 Å². The van der Waals surface area contributed by atoms with E-state index in [2.05, 4.69) is 0 Å². The van der Waals surface area contributed by atoms with E-state index in [1.807, 2.05) is 4.72 Å². The first-order chi connectivity index (χ1) is 9.56. The van der Waals surface area contributed by atoms with Gasteiger partial charge in [0.2, 0.25) is 10.0 Å². The minimum absolute atomic E-state index is 0.250. The smallest absolute Gasteiger partial charge is 0.335 e. The molecule has 118 valence electrons. The second kappa shape index (κ2) is 6.46. The van der Waals surface area contributed by atoms with Crippen LogP contribution in [0.2, 0.25) is 0 Å². The van der Waals surface area contributed by atoms with Crippen molar-refractivity contribution in [1.29, 1.82) is 0 Å². The minimum atomic E-state index is -4.49. The Morgan fingerprint density at radius 1 is 1.33 bits per heavy atom. The monoisotopic (exact) mass is 323 g/mol. The third-order valence-electron chi connectivity index (χ3n) is 2.78. The van der Waals surface area contributed by atoms with Gasteiger partial charge in [0, 0.05) is 6.54 Å².